The van der Waals surface area contributed by atoms with Gasteiger partial charge < -0.3 is 10.1 Å². The molecule has 0 spiro atoms. The van der Waals surface area contributed by atoms with E-state index in [0.29, 0.717) is 5.92 Å². The number of nitrogens with zero attached hydrogens (tertiary/aromatic N) is 1. The molecule has 1 aliphatic rings. The highest BCUT2D eigenvalue weighted by Crippen LogP contribution is 2.30. The summed E-state index contributed by atoms with van der Waals surface area (Å²) in [5, 5.41) is 3.33. The quantitative estimate of drug-likeness (QED) is 0.854. The van der Waals surface area contributed by atoms with Crippen LogP contribution in [0, 0.1) is 5.92 Å². The van der Waals surface area contributed by atoms with E-state index in [1.165, 1.54) is 12.1 Å². The van der Waals surface area contributed by atoms with Crippen molar-refractivity contribution in [1.29, 1.82) is 0 Å². The predicted molar refractivity (Wildman–Crippen MR) is 84.4 cm³/mol. The molecule has 3 nitrogen and oxygen atoms in total. The number of benzene rings is 1. The Hall–Kier alpha value is -1.27. The zero-order valence-corrected chi connectivity index (χ0v) is 13.7. The van der Waals surface area contributed by atoms with Crippen molar-refractivity contribution in [2.75, 3.05) is 26.2 Å². The standard InChI is InChI=1S/C17H25F3N2O/c1-13(2)3-8-16(22-11-9-21-10-12-22)14-4-6-15(7-5-14)23-17(18,19)20/h4-7,13,16,21H,3,8-12H2,1-2H3/t16-/m1/s1. The molecule has 0 aliphatic carbocycles. The molecular formula is C17H25F3N2O. The highest BCUT2D eigenvalue weighted by Gasteiger charge is 2.31. The second-order valence-corrected chi connectivity index (χ2v) is 6.39. The molecule has 23 heavy (non-hydrogen) atoms. The van der Waals surface area contributed by atoms with Crippen LogP contribution in [0.4, 0.5) is 13.2 Å². The minimum atomic E-state index is -4.64. The molecular weight excluding hydrogens is 305 g/mol. The molecule has 0 amide bonds. The molecule has 1 fully saturated rings. The van der Waals surface area contributed by atoms with Gasteiger partial charge in [0, 0.05) is 32.2 Å². The highest BCUT2D eigenvalue weighted by atomic mass is 19.4. The number of alkyl halides is 3. The molecule has 1 aromatic rings. The summed E-state index contributed by atoms with van der Waals surface area (Å²) in [5.74, 6) is 0.442. The number of piperazine rings is 1. The van der Waals surface area contributed by atoms with Crippen LogP contribution in [0.25, 0.3) is 0 Å². The average molecular weight is 330 g/mol. The van der Waals surface area contributed by atoms with E-state index in [1.54, 1.807) is 12.1 Å². The third-order valence-electron chi connectivity index (χ3n) is 4.11. The number of halogens is 3. The van der Waals surface area contributed by atoms with Crippen LogP contribution < -0.4 is 10.1 Å². The smallest absolute Gasteiger partial charge is 0.406 e. The van der Waals surface area contributed by atoms with Gasteiger partial charge in [0.2, 0.25) is 0 Å². The Morgan fingerprint density at radius 1 is 1.09 bits per heavy atom. The topological polar surface area (TPSA) is 24.5 Å². The summed E-state index contributed by atoms with van der Waals surface area (Å²) < 4.78 is 40.7. The largest absolute Gasteiger partial charge is 0.573 e. The van der Waals surface area contributed by atoms with Crippen molar-refractivity contribution in [1.82, 2.24) is 10.2 Å². The number of hydrogen-bond acceptors (Lipinski definition) is 3. The molecule has 1 heterocycles. The van der Waals surface area contributed by atoms with Gasteiger partial charge in [0.25, 0.3) is 0 Å². The van der Waals surface area contributed by atoms with Gasteiger partial charge in [-0.1, -0.05) is 26.0 Å². The third kappa shape index (κ3) is 6.03. The Balaban J connectivity index is 2.10. The molecule has 0 bridgehead atoms. The van der Waals surface area contributed by atoms with E-state index in [2.05, 4.69) is 28.8 Å². The Morgan fingerprint density at radius 3 is 2.22 bits per heavy atom. The summed E-state index contributed by atoms with van der Waals surface area (Å²) >= 11 is 0. The van der Waals surface area contributed by atoms with Gasteiger partial charge in [-0.3, -0.25) is 4.90 Å². The highest BCUT2D eigenvalue weighted by molar-refractivity contribution is 5.29. The Kier molecular flexibility index (Phi) is 6.30. The lowest BCUT2D eigenvalue weighted by Crippen LogP contribution is -2.45. The molecule has 1 saturated heterocycles. The summed E-state index contributed by atoms with van der Waals surface area (Å²) in [7, 11) is 0. The molecule has 1 atom stereocenters. The van der Waals surface area contributed by atoms with Crippen LogP contribution in [0.3, 0.4) is 0 Å². The monoisotopic (exact) mass is 330 g/mol. The van der Waals surface area contributed by atoms with Crippen molar-refractivity contribution in [2.45, 2.75) is 39.1 Å². The lowest BCUT2D eigenvalue weighted by atomic mass is 9.95. The van der Waals surface area contributed by atoms with Crippen LogP contribution in [0.1, 0.15) is 38.3 Å². The van der Waals surface area contributed by atoms with E-state index >= 15 is 0 Å². The van der Waals surface area contributed by atoms with Gasteiger partial charge >= 0.3 is 6.36 Å². The van der Waals surface area contributed by atoms with Gasteiger partial charge in [-0.15, -0.1) is 13.2 Å². The molecule has 0 aromatic heterocycles. The first kappa shape index (κ1) is 18.1. The van der Waals surface area contributed by atoms with E-state index in [-0.39, 0.29) is 11.8 Å². The van der Waals surface area contributed by atoms with Crippen LogP contribution >= 0.6 is 0 Å². The van der Waals surface area contributed by atoms with Gasteiger partial charge in [0.1, 0.15) is 5.75 Å². The van der Waals surface area contributed by atoms with Gasteiger partial charge in [0.05, 0.1) is 0 Å². The molecule has 0 unspecified atom stereocenters. The van der Waals surface area contributed by atoms with Crippen molar-refractivity contribution in [3.8, 4) is 5.75 Å². The van der Waals surface area contributed by atoms with Crippen LogP contribution in [0.2, 0.25) is 0 Å². The van der Waals surface area contributed by atoms with Gasteiger partial charge in [-0.25, -0.2) is 0 Å². The molecule has 0 radical (unpaired) electrons. The summed E-state index contributed by atoms with van der Waals surface area (Å²) in [4.78, 5) is 2.42. The number of ether oxygens (including phenoxy) is 1. The third-order valence-corrected chi connectivity index (χ3v) is 4.11. The van der Waals surface area contributed by atoms with E-state index in [0.717, 1.165) is 44.6 Å². The van der Waals surface area contributed by atoms with E-state index in [4.69, 9.17) is 0 Å². The average Bonchev–Trinajstić information content (AvgIpc) is 2.48. The summed E-state index contributed by atoms with van der Waals surface area (Å²) in [6.45, 7) is 8.21. The minimum Gasteiger partial charge on any atom is -0.406 e. The Bertz CT molecular complexity index is 468. The second kappa shape index (κ2) is 8.02. The number of rotatable bonds is 6. The fourth-order valence-electron chi connectivity index (χ4n) is 2.94. The molecule has 6 heteroatoms. The lowest BCUT2D eigenvalue weighted by Gasteiger charge is -2.35. The van der Waals surface area contributed by atoms with Crippen molar-refractivity contribution in [2.24, 2.45) is 5.92 Å². The first-order valence-electron chi connectivity index (χ1n) is 8.15. The fourth-order valence-corrected chi connectivity index (χ4v) is 2.94. The molecule has 2 rings (SSSR count). The lowest BCUT2D eigenvalue weighted by molar-refractivity contribution is -0.274. The van der Waals surface area contributed by atoms with Crippen LogP contribution in [0.5, 0.6) is 5.75 Å². The van der Waals surface area contributed by atoms with Crippen LogP contribution in [-0.2, 0) is 0 Å². The maximum Gasteiger partial charge on any atom is 0.573 e. The van der Waals surface area contributed by atoms with E-state index in [9.17, 15) is 13.2 Å². The maximum absolute atomic E-state index is 12.3. The minimum absolute atomic E-state index is 0.163. The zero-order chi connectivity index (χ0) is 16.9. The van der Waals surface area contributed by atoms with Crippen LogP contribution in [-0.4, -0.2) is 37.4 Å². The zero-order valence-electron chi connectivity index (χ0n) is 13.7. The Morgan fingerprint density at radius 2 is 1.70 bits per heavy atom. The van der Waals surface area contributed by atoms with Gasteiger partial charge in [0.15, 0.2) is 0 Å². The van der Waals surface area contributed by atoms with Crippen LogP contribution in [0.15, 0.2) is 24.3 Å². The summed E-state index contributed by atoms with van der Waals surface area (Å²) in [6, 6.07) is 6.59. The van der Waals surface area contributed by atoms with E-state index in [1.807, 2.05) is 0 Å². The second-order valence-electron chi connectivity index (χ2n) is 6.39. The molecule has 130 valence electrons. The van der Waals surface area contributed by atoms with Crippen molar-refractivity contribution < 1.29 is 17.9 Å². The predicted octanol–water partition coefficient (Wildman–Crippen LogP) is 3.97. The van der Waals surface area contributed by atoms with Crippen molar-refractivity contribution >= 4 is 0 Å². The first-order valence-corrected chi connectivity index (χ1v) is 8.15. The van der Waals surface area contributed by atoms with Crippen molar-refractivity contribution in [3.05, 3.63) is 29.8 Å². The van der Waals surface area contributed by atoms with Gasteiger partial charge in [-0.05, 0) is 36.5 Å². The SMILES string of the molecule is CC(C)CC[C@H](c1ccc(OC(F)(F)F)cc1)N1CCNCC1. The summed E-state index contributed by atoms with van der Waals surface area (Å²) in [6.07, 6.45) is -2.54. The molecule has 1 N–H and O–H groups in total. The summed E-state index contributed by atoms with van der Waals surface area (Å²) in [5.41, 5.74) is 1.06. The number of hydrogen-bond donors (Lipinski definition) is 1. The molecule has 0 saturated carbocycles. The number of nitrogens with one attached hydrogen (secondary N) is 1. The normalized spacial score (nSPS) is 18.2. The van der Waals surface area contributed by atoms with Gasteiger partial charge in [-0.2, -0.15) is 0 Å². The first-order chi connectivity index (χ1) is 10.8. The molecule has 1 aromatic carbocycles. The Labute approximate surface area is 135 Å². The van der Waals surface area contributed by atoms with Crippen molar-refractivity contribution in [3.63, 3.8) is 0 Å². The van der Waals surface area contributed by atoms with E-state index < -0.39 is 6.36 Å². The maximum atomic E-state index is 12.3. The fraction of sp³-hybridized carbons (Fsp3) is 0.647. The molecule has 1 aliphatic heterocycles.